The lowest BCUT2D eigenvalue weighted by molar-refractivity contribution is -0.135. The van der Waals surface area contributed by atoms with Gasteiger partial charge in [-0.15, -0.1) is 0 Å². The van der Waals surface area contributed by atoms with E-state index >= 15 is 0 Å². The van der Waals surface area contributed by atoms with Crippen molar-refractivity contribution in [2.24, 2.45) is 5.10 Å². The van der Waals surface area contributed by atoms with Gasteiger partial charge >= 0.3 is 0 Å². The Hall–Kier alpha value is -3.59. The lowest BCUT2D eigenvalue weighted by atomic mass is 9.97. The second kappa shape index (κ2) is 10.8. The number of hydrazone groups is 1. The van der Waals surface area contributed by atoms with E-state index in [2.05, 4.69) is 4.90 Å². The van der Waals surface area contributed by atoms with Crippen LogP contribution in [0.2, 0.25) is 0 Å². The fourth-order valence-corrected chi connectivity index (χ4v) is 4.61. The zero-order chi connectivity index (χ0) is 24.9. The zero-order valence-corrected chi connectivity index (χ0v) is 20.7. The van der Waals surface area contributed by atoms with Crippen LogP contribution in [-0.4, -0.2) is 86.4 Å². The summed E-state index contributed by atoms with van der Waals surface area (Å²) in [7, 11) is 4.84. The summed E-state index contributed by atoms with van der Waals surface area (Å²) in [6.07, 6.45) is 0.521. The highest BCUT2D eigenvalue weighted by molar-refractivity contribution is 6.05. The fraction of sp³-hybridized carbons (Fsp3) is 0.423. The third kappa shape index (κ3) is 5.24. The van der Waals surface area contributed by atoms with E-state index in [1.807, 2.05) is 42.5 Å². The minimum absolute atomic E-state index is 0.0643. The highest BCUT2D eigenvalue weighted by Gasteiger charge is 2.36. The Labute approximate surface area is 205 Å². The predicted octanol–water partition coefficient (Wildman–Crippen LogP) is 2.55. The number of rotatable bonds is 7. The SMILES string of the molecule is COc1ccc(C2=NN(C(=O)CN3CCN(C(C)=O)CC3)C(c3ccccc3OC)C2)c(OC)c1. The Kier molecular flexibility index (Phi) is 7.55. The number of hydrogen-bond acceptors (Lipinski definition) is 7. The standard InChI is InChI=1S/C26H32N4O5/c1-18(31)29-13-11-28(12-14-29)17-26(32)30-23(21-7-5-6-8-24(21)34-3)16-22(27-30)20-10-9-19(33-2)15-25(20)35-4/h5-10,15,23H,11-14,16-17H2,1-4H3. The maximum absolute atomic E-state index is 13.5. The Morgan fingerprint density at radius 3 is 2.31 bits per heavy atom. The van der Waals surface area contributed by atoms with E-state index in [0.29, 0.717) is 49.8 Å². The molecule has 0 N–H and O–H groups in total. The maximum atomic E-state index is 13.5. The van der Waals surface area contributed by atoms with Gasteiger partial charge in [0.05, 0.1) is 39.6 Å². The molecule has 2 aliphatic rings. The molecule has 186 valence electrons. The Bertz CT molecular complexity index is 1110. The molecule has 0 radical (unpaired) electrons. The predicted molar refractivity (Wildman–Crippen MR) is 132 cm³/mol. The number of benzene rings is 2. The summed E-state index contributed by atoms with van der Waals surface area (Å²) in [5.41, 5.74) is 2.48. The minimum atomic E-state index is -0.307. The number of methoxy groups -OCH3 is 3. The topological polar surface area (TPSA) is 83.9 Å². The summed E-state index contributed by atoms with van der Waals surface area (Å²) >= 11 is 0. The number of piperazine rings is 1. The van der Waals surface area contributed by atoms with E-state index in [1.165, 1.54) is 0 Å². The van der Waals surface area contributed by atoms with Crippen molar-refractivity contribution in [3.8, 4) is 17.2 Å². The van der Waals surface area contributed by atoms with Crippen LogP contribution >= 0.6 is 0 Å². The summed E-state index contributed by atoms with van der Waals surface area (Å²) in [5, 5.41) is 6.37. The second-order valence-electron chi connectivity index (χ2n) is 8.60. The molecule has 35 heavy (non-hydrogen) atoms. The molecule has 0 bridgehead atoms. The van der Waals surface area contributed by atoms with Crippen molar-refractivity contribution in [3.63, 3.8) is 0 Å². The van der Waals surface area contributed by atoms with Crippen molar-refractivity contribution < 1.29 is 23.8 Å². The molecule has 1 fully saturated rings. The van der Waals surface area contributed by atoms with Crippen LogP contribution < -0.4 is 14.2 Å². The smallest absolute Gasteiger partial charge is 0.257 e. The number of amides is 2. The maximum Gasteiger partial charge on any atom is 0.257 e. The fourth-order valence-electron chi connectivity index (χ4n) is 4.61. The summed E-state index contributed by atoms with van der Waals surface area (Å²) < 4.78 is 16.5. The number of ether oxygens (including phenoxy) is 3. The van der Waals surface area contributed by atoms with E-state index in [0.717, 1.165) is 16.8 Å². The molecule has 2 aromatic carbocycles. The molecule has 2 aliphatic heterocycles. The highest BCUT2D eigenvalue weighted by Crippen LogP contribution is 2.39. The molecule has 0 spiro atoms. The van der Waals surface area contributed by atoms with Crippen LogP contribution in [0.5, 0.6) is 17.2 Å². The minimum Gasteiger partial charge on any atom is -0.497 e. The van der Waals surface area contributed by atoms with E-state index in [1.54, 1.807) is 38.2 Å². The van der Waals surface area contributed by atoms with Gasteiger partial charge in [0.25, 0.3) is 5.91 Å². The highest BCUT2D eigenvalue weighted by atomic mass is 16.5. The number of nitrogens with zero attached hydrogens (tertiary/aromatic N) is 4. The zero-order valence-electron chi connectivity index (χ0n) is 20.7. The molecule has 1 atom stereocenters. The number of carbonyl (C=O) groups excluding carboxylic acids is 2. The van der Waals surface area contributed by atoms with Gasteiger partial charge < -0.3 is 19.1 Å². The van der Waals surface area contributed by atoms with Crippen molar-refractivity contribution in [1.29, 1.82) is 0 Å². The Morgan fingerprint density at radius 2 is 1.66 bits per heavy atom. The van der Waals surface area contributed by atoms with Crippen LogP contribution in [0.1, 0.15) is 30.5 Å². The van der Waals surface area contributed by atoms with Crippen molar-refractivity contribution in [2.45, 2.75) is 19.4 Å². The first-order valence-corrected chi connectivity index (χ1v) is 11.7. The molecule has 9 heteroatoms. The van der Waals surface area contributed by atoms with Gasteiger partial charge in [0, 0.05) is 56.7 Å². The van der Waals surface area contributed by atoms with Crippen LogP contribution in [0, 0.1) is 0 Å². The van der Waals surface area contributed by atoms with Crippen molar-refractivity contribution in [1.82, 2.24) is 14.8 Å². The van der Waals surface area contributed by atoms with E-state index in [4.69, 9.17) is 19.3 Å². The summed E-state index contributed by atoms with van der Waals surface area (Å²) in [6.45, 7) is 4.36. The van der Waals surface area contributed by atoms with Crippen LogP contribution in [-0.2, 0) is 9.59 Å². The lowest BCUT2D eigenvalue weighted by Gasteiger charge is -2.34. The van der Waals surface area contributed by atoms with Crippen LogP contribution in [0.3, 0.4) is 0 Å². The molecule has 1 saturated heterocycles. The van der Waals surface area contributed by atoms with Crippen molar-refractivity contribution in [3.05, 3.63) is 53.6 Å². The van der Waals surface area contributed by atoms with Gasteiger partial charge in [-0.3, -0.25) is 14.5 Å². The number of para-hydroxylation sites is 1. The number of carbonyl (C=O) groups is 2. The van der Waals surface area contributed by atoms with Gasteiger partial charge in [0.1, 0.15) is 17.2 Å². The first-order chi connectivity index (χ1) is 16.9. The third-order valence-electron chi connectivity index (χ3n) is 6.56. The number of hydrogen-bond donors (Lipinski definition) is 0. The van der Waals surface area contributed by atoms with E-state index in [-0.39, 0.29) is 24.4 Å². The Morgan fingerprint density at radius 1 is 0.943 bits per heavy atom. The first-order valence-electron chi connectivity index (χ1n) is 11.7. The normalized spacial score (nSPS) is 18.3. The summed E-state index contributed by atoms with van der Waals surface area (Å²) in [5.74, 6) is 2.00. The van der Waals surface area contributed by atoms with Crippen molar-refractivity contribution >= 4 is 17.5 Å². The molecule has 0 aliphatic carbocycles. The molecule has 2 amide bonds. The largest absolute Gasteiger partial charge is 0.497 e. The second-order valence-corrected chi connectivity index (χ2v) is 8.60. The van der Waals surface area contributed by atoms with Gasteiger partial charge in [-0.1, -0.05) is 18.2 Å². The molecular formula is C26H32N4O5. The monoisotopic (exact) mass is 480 g/mol. The molecule has 1 unspecified atom stereocenters. The summed E-state index contributed by atoms with van der Waals surface area (Å²) in [4.78, 5) is 29.1. The van der Waals surface area contributed by atoms with Crippen molar-refractivity contribution in [2.75, 3.05) is 54.1 Å². The molecule has 2 heterocycles. The molecule has 4 rings (SSSR count). The van der Waals surface area contributed by atoms with Gasteiger partial charge in [-0.25, -0.2) is 5.01 Å². The van der Waals surface area contributed by atoms with E-state index < -0.39 is 0 Å². The molecule has 9 nitrogen and oxygen atoms in total. The van der Waals surface area contributed by atoms with Crippen LogP contribution in [0.15, 0.2) is 47.6 Å². The van der Waals surface area contributed by atoms with E-state index in [9.17, 15) is 9.59 Å². The van der Waals surface area contributed by atoms with Gasteiger partial charge in [-0.05, 0) is 18.2 Å². The molecular weight excluding hydrogens is 448 g/mol. The van der Waals surface area contributed by atoms with Gasteiger partial charge in [0.2, 0.25) is 5.91 Å². The summed E-state index contributed by atoms with van der Waals surface area (Å²) in [6, 6.07) is 13.0. The Balaban J connectivity index is 1.62. The van der Waals surface area contributed by atoms with Crippen LogP contribution in [0.4, 0.5) is 0 Å². The quantitative estimate of drug-likeness (QED) is 0.606. The average molecular weight is 481 g/mol. The average Bonchev–Trinajstić information content (AvgIpc) is 3.33. The third-order valence-corrected chi connectivity index (χ3v) is 6.56. The molecule has 2 aromatic rings. The van der Waals surface area contributed by atoms with Gasteiger partial charge in [0.15, 0.2) is 0 Å². The molecule has 0 aromatic heterocycles. The lowest BCUT2D eigenvalue weighted by Crippen LogP contribution is -2.50. The van der Waals surface area contributed by atoms with Crippen LogP contribution in [0.25, 0.3) is 0 Å². The van der Waals surface area contributed by atoms with Gasteiger partial charge in [-0.2, -0.15) is 5.10 Å². The first kappa shape index (κ1) is 24.5. The molecule has 0 saturated carbocycles.